The van der Waals surface area contributed by atoms with E-state index in [0.29, 0.717) is 33.5 Å². The molecule has 31 heavy (non-hydrogen) atoms. The summed E-state index contributed by atoms with van der Waals surface area (Å²) < 4.78 is 11.5. The van der Waals surface area contributed by atoms with E-state index in [2.05, 4.69) is 17.2 Å². The van der Waals surface area contributed by atoms with Crippen molar-refractivity contribution in [1.82, 2.24) is 4.98 Å². The number of nitrogens with zero attached hydrogens (tertiary/aromatic N) is 1. The molecule has 0 saturated heterocycles. The fraction of sp³-hybridized carbons (Fsp3) is 0.280. The molecule has 0 aliphatic carbocycles. The van der Waals surface area contributed by atoms with Crippen LogP contribution in [0.25, 0.3) is 0 Å². The summed E-state index contributed by atoms with van der Waals surface area (Å²) in [5, 5.41) is 3.44. The highest BCUT2D eigenvalue weighted by atomic mass is 35.5. The van der Waals surface area contributed by atoms with E-state index in [1.54, 1.807) is 36.4 Å². The summed E-state index contributed by atoms with van der Waals surface area (Å²) in [5.74, 6) is 1.01. The Morgan fingerprint density at radius 3 is 2.52 bits per heavy atom. The Hall–Kier alpha value is -2.89. The van der Waals surface area contributed by atoms with Crippen molar-refractivity contribution in [2.75, 3.05) is 11.9 Å². The van der Waals surface area contributed by atoms with E-state index >= 15 is 0 Å². The van der Waals surface area contributed by atoms with Crippen LogP contribution >= 0.6 is 11.6 Å². The van der Waals surface area contributed by atoms with Gasteiger partial charge in [0.15, 0.2) is 0 Å². The Morgan fingerprint density at radius 2 is 1.84 bits per heavy atom. The molecule has 0 radical (unpaired) electrons. The van der Waals surface area contributed by atoms with Gasteiger partial charge in [-0.15, -0.1) is 0 Å². The molecule has 0 saturated carbocycles. The lowest BCUT2D eigenvalue weighted by Gasteiger charge is -2.13. The lowest BCUT2D eigenvalue weighted by Crippen LogP contribution is -2.16. The second-order valence-electron chi connectivity index (χ2n) is 7.33. The Bertz CT molecular complexity index is 1020. The second-order valence-corrected chi connectivity index (χ2v) is 7.74. The molecule has 1 unspecified atom stereocenters. The van der Waals surface area contributed by atoms with Crippen molar-refractivity contribution in [3.05, 3.63) is 82.6 Å². The molecule has 0 fully saturated rings. The fourth-order valence-corrected chi connectivity index (χ4v) is 3.27. The first-order chi connectivity index (χ1) is 15.0. The van der Waals surface area contributed by atoms with Gasteiger partial charge in [0.2, 0.25) is 0 Å². The van der Waals surface area contributed by atoms with E-state index in [4.69, 9.17) is 21.1 Å². The van der Waals surface area contributed by atoms with Crippen LogP contribution in [0.5, 0.6) is 11.5 Å². The van der Waals surface area contributed by atoms with Gasteiger partial charge in [-0.05, 0) is 68.8 Å². The first-order valence-corrected chi connectivity index (χ1v) is 10.8. The van der Waals surface area contributed by atoms with Crippen LogP contribution in [0.4, 0.5) is 5.69 Å². The maximum Gasteiger partial charge on any atom is 0.257 e. The number of carbonyl (C=O) groups is 1. The maximum atomic E-state index is 12.7. The minimum absolute atomic E-state index is 0.0954. The predicted molar refractivity (Wildman–Crippen MR) is 124 cm³/mol. The van der Waals surface area contributed by atoms with Crippen molar-refractivity contribution < 1.29 is 14.3 Å². The number of aromatic nitrogens is 1. The van der Waals surface area contributed by atoms with Gasteiger partial charge in [-0.2, -0.15) is 0 Å². The van der Waals surface area contributed by atoms with E-state index in [1.807, 2.05) is 38.1 Å². The molecule has 1 atom stereocenters. The number of ether oxygens (including phenoxy) is 2. The third kappa shape index (κ3) is 6.54. The number of hydrogen-bond donors (Lipinski definition) is 1. The fourth-order valence-electron chi connectivity index (χ4n) is 3.10. The summed E-state index contributed by atoms with van der Waals surface area (Å²) in [5.41, 5.74) is 2.82. The summed E-state index contributed by atoms with van der Waals surface area (Å²) >= 11 is 6.12. The molecule has 162 valence electrons. The van der Waals surface area contributed by atoms with Gasteiger partial charge in [0.1, 0.15) is 11.5 Å². The number of pyridine rings is 1. The highest BCUT2D eigenvalue weighted by Crippen LogP contribution is 2.29. The van der Waals surface area contributed by atoms with Gasteiger partial charge in [0.05, 0.1) is 22.4 Å². The lowest BCUT2D eigenvalue weighted by atomic mass is 10.1. The second kappa shape index (κ2) is 10.9. The van der Waals surface area contributed by atoms with Crippen LogP contribution in [0, 0.1) is 6.92 Å². The molecular formula is C25H27ClN2O3. The Balaban J connectivity index is 1.61. The molecule has 1 heterocycles. The summed E-state index contributed by atoms with van der Waals surface area (Å²) in [6.45, 7) is 6.70. The zero-order valence-corrected chi connectivity index (χ0v) is 18.8. The molecule has 0 aliphatic rings. The summed E-state index contributed by atoms with van der Waals surface area (Å²) in [6.07, 6.45) is 1.80. The molecule has 1 amide bonds. The van der Waals surface area contributed by atoms with Gasteiger partial charge in [0, 0.05) is 24.4 Å². The molecule has 0 bridgehead atoms. The van der Waals surface area contributed by atoms with E-state index in [9.17, 15) is 4.79 Å². The number of amides is 1. The van der Waals surface area contributed by atoms with Gasteiger partial charge in [-0.1, -0.05) is 30.7 Å². The molecule has 1 aromatic heterocycles. The van der Waals surface area contributed by atoms with Crippen LogP contribution in [-0.4, -0.2) is 23.6 Å². The molecule has 6 heteroatoms. The number of nitrogens with one attached hydrogen (secondary N) is 1. The number of halogens is 1. The topological polar surface area (TPSA) is 60.5 Å². The Labute approximate surface area is 188 Å². The van der Waals surface area contributed by atoms with Gasteiger partial charge in [-0.3, -0.25) is 9.78 Å². The van der Waals surface area contributed by atoms with Crippen LogP contribution in [0.1, 0.15) is 42.0 Å². The predicted octanol–water partition coefficient (Wildman–Crippen LogP) is 6.45. The number of hydrogen-bond acceptors (Lipinski definition) is 4. The summed E-state index contributed by atoms with van der Waals surface area (Å²) in [7, 11) is 0. The average Bonchev–Trinajstić information content (AvgIpc) is 2.75. The number of benzene rings is 2. The zero-order chi connectivity index (χ0) is 22.2. The SMILES string of the molecule is CCCOC(C)Cc1ccc(C(=O)Nc2ccc(Oc3ccccc3Cl)cc2)c(C)n1. The summed E-state index contributed by atoms with van der Waals surface area (Å²) in [4.78, 5) is 17.3. The van der Waals surface area contributed by atoms with Crippen molar-refractivity contribution >= 4 is 23.2 Å². The van der Waals surface area contributed by atoms with Crippen molar-refractivity contribution in [3.8, 4) is 11.5 Å². The summed E-state index contributed by atoms with van der Waals surface area (Å²) in [6, 6.07) is 18.1. The normalized spacial score (nSPS) is 11.7. The van der Waals surface area contributed by atoms with Crippen molar-refractivity contribution in [2.45, 2.75) is 39.7 Å². The molecule has 3 rings (SSSR count). The van der Waals surface area contributed by atoms with E-state index in [0.717, 1.165) is 25.1 Å². The largest absolute Gasteiger partial charge is 0.456 e. The lowest BCUT2D eigenvalue weighted by molar-refractivity contribution is 0.0663. The van der Waals surface area contributed by atoms with E-state index in [-0.39, 0.29) is 12.0 Å². The maximum absolute atomic E-state index is 12.7. The standard InChI is InChI=1S/C25H27ClN2O3/c1-4-15-30-17(2)16-20-11-14-22(18(3)27-20)25(29)28-19-9-12-21(13-10-19)31-24-8-6-5-7-23(24)26/h5-14,17H,4,15-16H2,1-3H3,(H,28,29). The molecule has 0 aliphatic heterocycles. The minimum Gasteiger partial charge on any atom is -0.456 e. The third-order valence-corrected chi connectivity index (χ3v) is 4.98. The van der Waals surface area contributed by atoms with Crippen molar-refractivity contribution in [2.24, 2.45) is 0 Å². The van der Waals surface area contributed by atoms with Gasteiger partial charge >= 0.3 is 0 Å². The molecule has 1 N–H and O–H groups in total. The van der Waals surface area contributed by atoms with Crippen LogP contribution in [0.2, 0.25) is 5.02 Å². The first-order valence-electron chi connectivity index (χ1n) is 10.4. The van der Waals surface area contributed by atoms with Crippen LogP contribution in [0.3, 0.4) is 0 Å². The highest BCUT2D eigenvalue weighted by Gasteiger charge is 2.13. The van der Waals surface area contributed by atoms with E-state index < -0.39 is 0 Å². The zero-order valence-electron chi connectivity index (χ0n) is 18.0. The smallest absolute Gasteiger partial charge is 0.257 e. The number of aryl methyl sites for hydroxylation is 1. The third-order valence-electron chi connectivity index (χ3n) is 4.67. The van der Waals surface area contributed by atoms with Crippen molar-refractivity contribution in [1.29, 1.82) is 0 Å². The molecule has 5 nitrogen and oxygen atoms in total. The quantitative estimate of drug-likeness (QED) is 0.417. The minimum atomic E-state index is -0.202. The van der Waals surface area contributed by atoms with Crippen LogP contribution in [-0.2, 0) is 11.2 Å². The highest BCUT2D eigenvalue weighted by molar-refractivity contribution is 6.32. The molecule has 2 aromatic carbocycles. The van der Waals surface area contributed by atoms with Crippen molar-refractivity contribution in [3.63, 3.8) is 0 Å². The first kappa shape index (κ1) is 22.8. The average molecular weight is 439 g/mol. The molecule has 3 aromatic rings. The Morgan fingerprint density at radius 1 is 1.10 bits per heavy atom. The molecule has 0 spiro atoms. The van der Waals surface area contributed by atoms with E-state index in [1.165, 1.54) is 0 Å². The number of anilines is 1. The van der Waals surface area contributed by atoms with Gasteiger partial charge in [0.25, 0.3) is 5.91 Å². The van der Waals surface area contributed by atoms with Gasteiger partial charge < -0.3 is 14.8 Å². The van der Waals surface area contributed by atoms with Gasteiger partial charge in [-0.25, -0.2) is 0 Å². The molecular weight excluding hydrogens is 412 g/mol. The van der Waals surface area contributed by atoms with Crippen LogP contribution < -0.4 is 10.1 Å². The monoisotopic (exact) mass is 438 g/mol. The number of carbonyl (C=O) groups excluding carboxylic acids is 1. The number of rotatable bonds is 9. The number of para-hydroxylation sites is 1. The van der Waals surface area contributed by atoms with Crippen LogP contribution in [0.15, 0.2) is 60.7 Å². The Kier molecular flexibility index (Phi) is 8.04.